The van der Waals surface area contributed by atoms with Crippen LogP contribution in [0.1, 0.15) is 0 Å². The van der Waals surface area contributed by atoms with Crippen LogP contribution in [0.25, 0.3) is 22.6 Å². The molecule has 21 heavy (non-hydrogen) atoms. The lowest BCUT2D eigenvalue weighted by Gasteiger charge is -2.27. The number of nitrogens with zero attached hydrogens (tertiary/aromatic N) is 4. The normalized spacial score (nSPS) is 15.5. The van der Waals surface area contributed by atoms with E-state index in [2.05, 4.69) is 25.2 Å². The lowest BCUT2D eigenvalue weighted by atomic mass is 10.3. The van der Waals surface area contributed by atoms with Gasteiger partial charge in [-0.1, -0.05) is 12.1 Å². The number of benzene rings is 1. The molecule has 1 aliphatic rings. The zero-order valence-corrected chi connectivity index (χ0v) is 11.5. The molecule has 6 heteroatoms. The summed E-state index contributed by atoms with van der Waals surface area (Å²) in [4.78, 5) is 15.5. The van der Waals surface area contributed by atoms with Gasteiger partial charge in [0.2, 0.25) is 11.8 Å². The van der Waals surface area contributed by atoms with Crippen LogP contribution >= 0.6 is 0 Å². The van der Waals surface area contributed by atoms with E-state index < -0.39 is 0 Å². The predicted octanol–water partition coefficient (Wildman–Crippen LogP) is 1.69. The topological polar surface area (TPSA) is 67.1 Å². The summed E-state index contributed by atoms with van der Waals surface area (Å²) < 4.78 is 5.72. The second-order valence-corrected chi connectivity index (χ2v) is 5.00. The Morgan fingerprint density at radius 3 is 2.57 bits per heavy atom. The molecular weight excluding hydrogens is 266 g/mol. The lowest BCUT2D eigenvalue weighted by molar-refractivity contribution is 0.579. The van der Waals surface area contributed by atoms with Crippen molar-refractivity contribution in [2.24, 2.45) is 0 Å². The number of para-hydroxylation sites is 2. The molecule has 1 fully saturated rings. The third-order valence-corrected chi connectivity index (χ3v) is 3.58. The first-order valence-electron chi connectivity index (χ1n) is 7.04. The first kappa shape index (κ1) is 12.3. The highest BCUT2D eigenvalue weighted by Gasteiger charge is 2.14. The maximum Gasteiger partial charge on any atom is 0.230 e. The van der Waals surface area contributed by atoms with E-state index >= 15 is 0 Å². The minimum absolute atomic E-state index is 0.558. The van der Waals surface area contributed by atoms with Gasteiger partial charge in [0.1, 0.15) is 5.52 Å². The van der Waals surface area contributed by atoms with Crippen molar-refractivity contribution in [1.82, 2.24) is 20.3 Å². The molecule has 6 nitrogen and oxygen atoms in total. The van der Waals surface area contributed by atoms with Gasteiger partial charge in [0.15, 0.2) is 5.58 Å². The van der Waals surface area contributed by atoms with Gasteiger partial charge in [-0.25, -0.2) is 15.0 Å². The summed E-state index contributed by atoms with van der Waals surface area (Å²) >= 11 is 0. The Kier molecular flexibility index (Phi) is 3.01. The highest BCUT2D eigenvalue weighted by Crippen LogP contribution is 2.23. The molecule has 1 aliphatic heterocycles. The fourth-order valence-electron chi connectivity index (χ4n) is 2.46. The predicted molar refractivity (Wildman–Crippen MR) is 80.1 cm³/mol. The van der Waals surface area contributed by atoms with Crippen LogP contribution < -0.4 is 10.2 Å². The van der Waals surface area contributed by atoms with Gasteiger partial charge >= 0.3 is 0 Å². The van der Waals surface area contributed by atoms with Gasteiger partial charge < -0.3 is 14.6 Å². The van der Waals surface area contributed by atoms with E-state index in [4.69, 9.17) is 4.42 Å². The number of anilines is 1. The first-order chi connectivity index (χ1) is 10.4. The summed E-state index contributed by atoms with van der Waals surface area (Å²) in [6.07, 6.45) is 3.55. The van der Waals surface area contributed by atoms with Crippen molar-refractivity contribution in [3.63, 3.8) is 0 Å². The Balaban J connectivity index is 1.63. The van der Waals surface area contributed by atoms with Gasteiger partial charge in [-0.15, -0.1) is 0 Å². The summed E-state index contributed by atoms with van der Waals surface area (Å²) in [5, 5.41) is 3.31. The number of fused-ring (bicyclic) bond motifs is 1. The molecule has 0 aliphatic carbocycles. The average Bonchev–Trinajstić information content (AvgIpc) is 3.00. The first-order valence-corrected chi connectivity index (χ1v) is 7.04. The second kappa shape index (κ2) is 5.14. The van der Waals surface area contributed by atoms with Gasteiger partial charge in [-0.2, -0.15) is 0 Å². The van der Waals surface area contributed by atoms with Crippen LogP contribution in [0, 0.1) is 0 Å². The maximum atomic E-state index is 5.72. The summed E-state index contributed by atoms with van der Waals surface area (Å²) in [6.45, 7) is 3.80. The fraction of sp³-hybridized carbons (Fsp3) is 0.267. The van der Waals surface area contributed by atoms with Gasteiger partial charge in [-0.05, 0) is 12.1 Å². The van der Waals surface area contributed by atoms with Crippen LogP contribution in [0.2, 0.25) is 0 Å². The number of oxazole rings is 1. The van der Waals surface area contributed by atoms with Crippen molar-refractivity contribution in [2.45, 2.75) is 0 Å². The molecule has 0 amide bonds. The van der Waals surface area contributed by atoms with E-state index in [0.29, 0.717) is 5.89 Å². The van der Waals surface area contributed by atoms with E-state index in [0.717, 1.165) is 48.8 Å². The molecule has 0 atom stereocenters. The van der Waals surface area contributed by atoms with Crippen LogP contribution in [0.15, 0.2) is 41.1 Å². The van der Waals surface area contributed by atoms with E-state index in [1.807, 2.05) is 24.3 Å². The van der Waals surface area contributed by atoms with Crippen LogP contribution in [-0.4, -0.2) is 41.1 Å². The van der Waals surface area contributed by atoms with Crippen molar-refractivity contribution in [3.05, 3.63) is 36.7 Å². The number of rotatable bonds is 2. The van der Waals surface area contributed by atoms with Crippen molar-refractivity contribution < 1.29 is 4.42 Å². The summed E-state index contributed by atoms with van der Waals surface area (Å²) in [5.74, 6) is 1.32. The summed E-state index contributed by atoms with van der Waals surface area (Å²) in [7, 11) is 0. The van der Waals surface area contributed by atoms with Crippen molar-refractivity contribution >= 4 is 17.0 Å². The third kappa shape index (κ3) is 2.34. The maximum absolute atomic E-state index is 5.72. The largest absolute Gasteiger partial charge is 0.436 e. The average molecular weight is 281 g/mol. The van der Waals surface area contributed by atoms with Crippen molar-refractivity contribution in [2.75, 3.05) is 31.1 Å². The molecule has 0 spiro atoms. The van der Waals surface area contributed by atoms with Crippen LogP contribution in [0.5, 0.6) is 0 Å². The molecule has 1 aromatic carbocycles. The summed E-state index contributed by atoms with van der Waals surface area (Å²) in [5.41, 5.74) is 2.42. The highest BCUT2D eigenvalue weighted by atomic mass is 16.3. The minimum atomic E-state index is 0.558. The zero-order valence-electron chi connectivity index (χ0n) is 11.5. The fourth-order valence-corrected chi connectivity index (χ4v) is 2.46. The molecule has 1 N–H and O–H groups in total. The van der Waals surface area contributed by atoms with Crippen molar-refractivity contribution in [3.8, 4) is 11.5 Å². The number of hydrogen-bond donors (Lipinski definition) is 1. The van der Waals surface area contributed by atoms with Crippen molar-refractivity contribution in [1.29, 1.82) is 0 Å². The molecular formula is C15H15N5O. The third-order valence-electron chi connectivity index (χ3n) is 3.58. The zero-order chi connectivity index (χ0) is 14.1. The number of piperazine rings is 1. The number of hydrogen-bond acceptors (Lipinski definition) is 6. The second-order valence-electron chi connectivity index (χ2n) is 5.00. The lowest BCUT2D eigenvalue weighted by Crippen LogP contribution is -2.44. The Morgan fingerprint density at radius 2 is 1.81 bits per heavy atom. The van der Waals surface area contributed by atoms with E-state index in [1.54, 1.807) is 12.4 Å². The Hall–Kier alpha value is -2.47. The standard InChI is InChI=1S/C15H15N5O/c1-2-4-13-12(3-1)19-14(21-13)11-9-17-15(18-10-11)20-7-5-16-6-8-20/h1-4,9-10,16H,5-8H2. The van der Waals surface area contributed by atoms with Gasteiger partial charge in [0.25, 0.3) is 0 Å². The van der Waals surface area contributed by atoms with Crippen LogP contribution in [0.4, 0.5) is 5.95 Å². The molecule has 0 saturated carbocycles. The molecule has 0 unspecified atom stereocenters. The minimum Gasteiger partial charge on any atom is -0.436 e. The van der Waals surface area contributed by atoms with Gasteiger partial charge in [-0.3, -0.25) is 0 Å². The number of aromatic nitrogens is 3. The smallest absolute Gasteiger partial charge is 0.230 e. The SMILES string of the molecule is c1ccc2oc(-c3cnc(N4CCNCC4)nc3)nc2c1. The molecule has 3 aromatic rings. The molecule has 3 heterocycles. The molecule has 1 saturated heterocycles. The van der Waals surface area contributed by atoms with Crippen LogP contribution in [-0.2, 0) is 0 Å². The Bertz CT molecular complexity index is 713. The molecule has 0 radical (unpaired) electrons. The Labute approximate surface area is 121 Å². The molecule has 2 aromatic heterocycles. The van der Waals surface area contributed by atoms with Gasteiger partial charge in [0, 0.05) is 38.6 Å². The van der Waals surface area contributed by atoms with Crippen LogP contribution in [0.3, 0.4) is 0 Å². The van der Waals surface area contributed by atoms with E-state index in [1.165, 1.54) is 0 Å². The molecule has 106 valence electrons. The van der Waals surface area contributed by atoms with E-state index in [9.17, 15) is 0 Å². The highest BCUT2D eigenvalue weighted by molar-refractivity contribution is 5.75. The Morgan fingerprint density at radius 1 is 1.05 bits per heavy atom. The molecule has 4 rings (SSSR count). The summed E-state index contributed by atoms with van der Waals surface area (Å²) in [6, 6.07) is 7.71. The monoisotopic (exact) mass is 281 g/mol. The number of nitrogens with one attached hydrogen (secondary N) is 1. The molecule has 0 bridgehead atoms. The van der Waals surface area contributed by atoms with E-state index in [-0.39, 0.29) is 0 Å². The van der Waals surface area contributed by atoms with Gasteiger partial charge in [0.05, 0.1) is 5.56 Å². The quantitative estimate of drug-likeness (QED) is 0.771.